The van der Waals surface area contributed by atoms with Crippen molar-refractivity contribution in [3.05, 3.63) is 29.3 Å². The Kier molecular flexibility index (Phi) is 4.08. The number of hydrogen-bond donors (Lipinski definition) is 1. The van der Waals surface area contributed by atoms with Crippen molar-refractivity contribution in [2.75, 3.05) is 12.4 Å². The van der Waals surface area contributed by atoms with Crippen LogP contribution >= 0.6 is 12.2 Å². The molecule has 20 heavy (non-hydrogen) atoms. The lowest BCUT2D eigenvalue weighted by atomic mass is 10.2. The van der Waals surface area contributed by atoms with E-state index < -0.39 is 0 Å². The van der Waals surface area contributed by atoms with Gasteiger partial charge in [0.05, 0.1) is 23.8 Å². The maximum Gasteiger partial charge on any atom is 0.173 e. The van der Waals surface area contributed by atoms with Crippen LogP contribution < -0.4 is 5.32 Å². The molecule has 6 nitrogen and oxygen atoms in total. The molecule has 0 aliphatic heterocycles. The first-order valence-electron chi connectivity index (χ1n) is 6.38. The van der Waals surface area contributed by atoms with Gasteiger partial charge in [-0.05, 0) is 26.1 Å². The molecule has 0 aromatic carbocycles. The molecule has 2 heterocycles. The second-order valence-corrected chi connectivity index (χ2v) is 5.32. The highest BCUT2D eigenvalue weighted by Gasteiger charge is 2.12. The number of rotatable bonds is 3. The Balaban J connectivity index is 2.02. The average Bonchev–Trinajstić information content (AvgIpc) is 2.89. The fourth-order valence-corrected chi connectivity index (χ4v) is 2.03. The van der Waals surface area contributed by atoms with Crippen molar-refractivity contribution < 1.29 is 0 Å². The first-order chi connectivity index (χ1) is 9.40. The Morgan fingerprint density at radius 3 is 2.30 bits per heavy atom. The van der Waals surface area contributed by atoms with Crippen LogP contribution in [0.25, 0.3) is 0 Å². The number of thiocarbonyl (C=S) groups is 1. The smallest absolute Gasteiger partial charge is 0.173 e. The molecule has 1 N–H and O–H groups in total. The van der Waals surface area contributed by atoms with Gasteiger partial charge < -0.3 is 10.2 Å². The summed E-state index contributed by atoms with van der Waals surface area (Å²) >= 11 is 5.43. The van der Waals surface area contributed by atoms with E-state index >= 15 is 0 Å². The number of nitrogens with one attached hydrogen (secondary N) is 1. The minimum absolute atomic E-state index is 0.671. The van der Waals surface area contributed by atoms with Gasteiger partial charge in [-0.25, -0.2) is 0 Å². The summed E-state index contributed by atoms with van der Waals surface area (Å²) in [4.78, 5) is 1.99. The van der Waals surface area contributed by atoms with Crippen molar-refractivity contribution in [3.8, 4) is 0 Å². The van der Waals surface area contributed by atoms with Crippen LogP contribution in [0.15, 0.2) is 12.4 Å². The second-order valence-electron chi connectivity index (χ2n) is 4.93. The average molecular weight is 292 g/mol. The molecule has 0 atom stereocenters. The topological polar surface area (TPSA) is 50.9 Å². The van der Waals surface area contributed by atoms with Crippen molar-refractivity contribution >= 4 is 23.0 Å². The van der Waals surface area contributed by atoms with Crippen LogP contribution in [0.2, 0.25) is 0 Å². The molecule has 0 saturated heterocycles. The Morgan fingerprint density at radius 2 is 1.80 bits per heavy atom. The fourth-order valence-electron chi connectivity index (χ4n) is 1.86. The quantitative estimate of drug-likeness (QED) is 0.871. The van der Waals surface area contributed by atoms with Crippen molar-refractivity contribution in [3.63, 3.8) is 0 Å². The molecular formula is C13H20N6S. The van der Waals surface area contributed by atoms with Gasteiger partial charge in [-0.2, -0.15) is 10.2 Å². The number of aryl methyl sites for hydroxylation is 2. The van der Waals surface area contributed by atoms with Crippen molar-refractivity contribution in [2.24, 2.45) is 14.1 Å². The minimum Gasteiger partial charge on any atom is -0.348 e. The summed E-state index contributed by atoms with van der Waals surface area (Å²) < 4.78 is 3.68. The molecule has 2 rings (SSSR count). The van der Waals surface area contributed by atoms with Crippen molar-refractivity contribution in [1.82, 2.24) is 24.5 Å². The zero-order valence-electron chi connectivity index (χ0n) is 12.5. The lowest BCUT2D eigenvalue weighted by molar-refractivity contribution is 0.506. The van der Waals surface area contributed by atoms with Gasteiger partial charge in [0.2, 0.25) is 0 Å². The lowest BCUT2D eigenvalue weighted by Gasteiger charge is -2.20. The van der Waals surface area contributed by atoms with E-state index in [1.807, 2.05) is 48.5 Å². The molecule has 7 heteroatoms. The van der Waals surface area contributed by atoms with E-state index in [1.54, 1.807) is 6.20 Å². The van der Waals surface area contributed by atoms with E-state index in [1.165, 1.54) is 5.56 Å². The maximum absolute atomic E-state index is 5.43. The molecule has 0 aliphatic rings. The van der Waals surface area contributed by atoms with E-state index in [0.29, 0.717) is 5.11 Å². The molecule has 108 valence electrons. The molecule has 0 fully saturated rings. The molecule has 0 saturated carbocycles. The number of anilines is 1. The van der Waals surface area contributed by atoms with E-state index in [-0.39, 0.29) is 0 Å². The third-order valence-electron chi connectivity index (χ3n) is 3.57. The largest absolute Gasteiger partial charge is 0.348 e. The van der Waals surface area contributed by atoms with Gasteiger partial charge in [0.1, 0.15) is 0 Å². The van der Waals surface area contributed by atoms with E-state index in [4.69, 9.17) is 12.2 Å². The van der Waals surface area contributed by atoms with Crippen LogP contribution in [0.3, 0.4) is 0 Å². The van der Waals surface area contributed by atoms with Crippen LogP contribution in [-0.4, -0.2) is 36.6 Å². The highest BCUT2D eigenvalue weighted by Crippen LogP contribution is 2.14. The van der Waals surface area contributed by atoms with Gasteiger partial charge in [-0.15, -0.1) is 0 Å². The highest BCUT2D eigenvalue weighted by atomic mass is 32.1. The van der Waals surface area contributed by atoms with Crippen LogP contribution in [0.1, 0.15) is 17.0 Å². The van der Waals surface area contributed by atoms with Gasteiger partial charge in [-0.1, -0.05) is 0 Å². The standard InChI is InChI=1S/C13H20N6S/c1-9-11(6-14-18(9)4)8-17(3)13(20)16-12-7-15-19(5)10(12)2/h6-7H,8H2,1-5H3,(H,16,20). The monoisotopic (exact) mass is 292 g/mol. The lowest BCUT2D eigenvalue weighted by Crippen LogP contribution is -2.30. The molecule has 0 unspecified atom stereocenters. The second kappa shape index (κ2) is 5.62. The van der Waals surface area contributed by atoms with Gasteiger partial charge in [0.25, 0.3) is 0 Å². The van der Waals surface area contributed by atoms with Crippen LogP contribution in [0, 0.1) is 13.8 Å². The van der Waals surface area contributed by atoms with E-state index in [9.17, 15) is 0 Å². The predicted octanol–water partition coefficient (Wildman–Crippen LogP) is 1.60. The molecular weight excluding hydrogens is 272 g/mol. The Bertz CT molecular complexity index is 627. The first-order valence-corrected chi connectivity index (χ1v) is 6.79. The first kappa shape index (κ1) is 14.5. The normalized spacial score (nSPS) is 10.7. The minimum atomic E-state index is 0.671. The maximum atomic E-state index is 5.43. The van der Waals surface area contributed by atoms with E-state index in [0.717, 1.165) is 23.6 Å². The summed E-state index contributed by atoms with van der Waals surface area (Å²) in [6, 6.07) is 0. The Morgan fingerprint density at radius 1 is 1.20 bits per heavy atom. The van der Waals surface area contributed by atoms with Crippen LogP contribution in [0.4, 0.5) is 5.69 Å². The summed E-state index contributed by atoms with van der Waals surface area (Å²) in [5.41, 5.74) is 4.31. The molecule has 2 aromatic heterocycles. The zero-order valence-corrected chi connectivity index (χ0v) is 13.3. The summed E-state index contributed by atoms with van der Waals surface area (Å²) in [5.74, 6) is 0. The van der Waals surface area contributed by atoms with Gasteiger partial charge >= 0.3 is 0 Å². The molecule has 0 radical (unpaired) electrons. The predicted molar refractivity (Wildman–Crippen MR) is 83.6 cm³/mol. The molecule has 0 amide bonds. The number of hydrogen-bond acceptors (Lipinski definition) is 3. The van der Waals surface area contributed by atoms with Crippen molar-refractivity contribution in [1.29, 1.82) is 0 Å². The number of aromatic nitrogens is 4. The van der Waals surface area contributed by atoms with Gasteiger partial charge in [-0.3, -0.25) is 9.36 Å². The third kappa shape index (κ3) is 2.82. The fraction of sp³-hybridized carbons (Fsp3) is 0.462. The molecule has 2 aromatic rings. The summed E-state index contributed by atoms with van der Waals surface area (Å²) in [5, 5.41) is 12.3. The van der Waals surface area contributed by atoms with Gasteiger partial charge in [0, 0.05) is 38.9 Å². The van der Waals surface area contributed by atoms with Crippen molar-refractivity contribution in [2.45, 2.75) is 20.4 Å². The SMILES string of the molecule is Cc1c(CN(C)C(=S)Nc2cnn(C)c2C)cnn1C. The Hall–Kier alpha value is -1.89. The molecule has 0 spiro atoms. The van der Waals surface area contributed by atoms with Gasteiger partial charge in [0.15, 0.2) is 5.11 Å². The van der Waals surface area contributed by atoms with Crippen LogP contribution in [-0.2, 0) is 20.6 Å². The summed E-state index contributed by atoms with van der Waals surface area (Å²) in [6.07, 6.45) is 3.66. The van der Waals surface area contributed by atoms with E-state index in [2.05, 4.69) is 22.4 Å². The third-order valence-corrected chi connectivity index (χ3v) is 3.98. The zero-order chi connectivity index (χ0) is 14.9. The molecule has 0 aliphatic carbocycles. The summed E-state index contributed by atoms with van der Waals surface area (Å²) in [6.45, 7) is 4.78. The number of nitrogens with zero attached hydrogens (tertiary/aromatic N) is 5. The van der Waals surface area contributed by atoms with Crippen LogP contribution in [0.5, 0.6) is 0 Å². The Labute approximate surface area is 124 Å². The summed E-state index contributed by atoms with van der Waals surface area (Å²) in [7, 11) is 5.81. The molecule has 0 bridgehead atoms. The highest BCUT2D eigenvalue weighted by molar-refractivity contribution is 7.80.